The molecule has 4 aliphatic carbocycles. The third kappa shape index (κ3) is 4.69. The number of para-hydroxylation sites is 3. The first-order valence-corrected chi connectivity index (χ1v) is 18.2. The molecule has 2 heteroatoms. The fourth-order valence-electron chi connectivity index (χ4n) is 9.51. The number of benzene rings is 5. The largest absolute Gasteiger partial charge is 0.311 e. The molecule has 0 fully saturated rings. The number of anilines is 5. The Hall–Kier alpha value is -5.34. The van der Waals surface area contributed by atoms with Crippen molar-refractivity contribution in [3.05, 3.63) is 186 Å². The van der Waals surface area contributed by atoms with Crippen LogP contribution >= 0.6 is 0 Å². The van der Waals surface area contributed by atoms with Gasteiger partial charge in [-0.3, -0.25) is 0 Å². The van der Waals surface area contributed by atoms with Gasteiger partial charge in [0.2, 0.25) is 0 Å². The van der Waals surface area contributed by atoms with E-state index in [1.165, 1.54) is 67.5 Å². The normalized spacial score (nSPS) is 20.4. The number of nitrogens with zero attached hydrogens (tertiary/aromatic N) is 2. The van der Waals surface area contributed by atoms with Gasteiger partial charge < -0.3 is 9.80 Å². The van der Waals surface area contributed by atoms with Crippen LogP contribution in [-0.2, 0) is 10.8 Å². The van der Waals surface area contributed by atoms with Crippen LogP contribution in [0.3, 0.4) is 0 Å². The second-order valence-electron chi connectivity index (χ2n) is 15.4. The fraction of sp³-hybridized carbons (Fsp3) is 0.208. The van der Waals surface area contributed by atoms with Gasteiger partial charge in [0.05, 0.1) is 0 Å². The Morgan fingerprint density at radius 1 is 0.480 bits per heavy atom. The van der Waals surface area contributed by atoms with E-state index in [1.54, 1.807) is 0 Å². The number of allylic oxidation sites excluding steroid dienone is 7. The summed E-state index contributed by atoms with van der Waals surface area (Å²) >= 11 is 0. The maximum atomic E-state index is 2.50. The number of hydrogen-bond donors (Lipinski definition) is 0. The van der Waals surface area contributed by atoms with E-state index in [0.29, 0.717) is 11.8 Å². The lowest BCUT2D eigenvalue weighted by Crippen LogP contribution is -2.39. The summed E-state index contributed by atoms with van der Waals surface area (Å²) in [7, 11) is 0. The highest BCUT2D eigenvalue weighted by atomic mass is 15.1. The van der Waals surface area contributed by atoms with Crippen molar-refractivity contribution in [1.29, 1.82) is 0 Å². The highest BCUT2D eigenvalue weighted by Gasteiger charge is 2.56. The van der Waals surface area contributed by atoms with Crippen molar-refractivity contribution in [3.8, 4) is 0 Å². The third-order valence-corrected chi connectivity index (χ3v) is 11.8. The molecule has 5 aromatic carbocycles. The van der Waals surface area contributed by atoms with E-state index in [-0.39, 0.29) is 10.8 Å². The van der Waals surface area contributed by atoms with Crippen LogP contribution in [-0.4, -0.2) is 0 Å². The zero-order valence-corrected chi connectivity index (χ0v) is 29.5. The molecule has 2 nitrogen and oxygen atoms in total. The van der Waals surface area contributed by atoms with Crippen LogP contribution in [0.15, 0.2) is 163 Å². The van der Waals surface area contributed by atoms with Gasteiger partial charge in [-0.1, -0.05) is 119 Å². The van der Waals surface area contributed by atoms with Gasteiger partial charge in [-0.25, -0.2) is 0 Å². The molecule has 9 rings (SSSR count). The monoisotopic (exact) mass is 648 g/mol. The molecule has 5 aromatic rings. The van der Waals surface area contributed by atoms with E-state index in [9.17, 15) is 0 Å². The minimum Gasteiger partial charge on any atom is -0.311 e. The standard InChI is InChI=1S/C48H44N2/c1-47(2)43-31-37(49(33-17-9-5-10-18-33)34-19-11-6-12-20-34)25-27-39(43)41-29-30-42-40-28-26-38(32-44(40)48(3,4)46(42)45(41)47)50(35-21-13-7-14-22-35)36-23-15-8-16-24-36/h5-7,9-15,17-32,45-46H,8,16H2,1-4H3. The van der Waals surface area contributed by atoms with E-state index in [4.69, 9.17) is 0 Å². The summed E-state index contributed by atoms with van der Waals surface area (Å²) in [5.41, 5.74) is 15.8. The fourth-order valence-corrected chi connectivity index (χ4v) is 9.51. The topological polar surface area (TPSA) is 6.48 Å². The molecule has 0 saturated carbocycles. The third-order valence-electron chi connectivity index (χ3n) is 11.8. The van der Waals surface area contributed by atoms with E-state index < -0.39 is 0 Å². The van der Waals surface area contributed by atoms with Crippen LogP contribution in [0.2, 0.25) is 0 Å². The predicted octanol–water partition coefficient (Wildman–Crippen LogP) is 12.8. The maximum Gasteiger partial charge on any atom is 0.0464 e. The van der Waals surface area contributed by atoms with E-state index in [0.717, 1.165) is 12.8 Å². The first-order valence-electron chi connectivity index (χ1n) is 18.2. The molecule has 2 unspecified atom stereocenters. The van der Waals surface area contributed by atoms with Crippen molar-refractivity contribution in [2.75, 3.05) is 9.80 Å². The lowest BCUT2D eigenvalue weighted by atomic mass is 9.60. The molecule has 0 spiro atoms. The molecule has 0 N–H and O–H groups in total. The molecule has 4 aliphatic rings. The van der Waals surface area contributed by atoms with E-state index in [2.05, 4.69) is 195 Å². The predicted molar refractivity (Wildman–Crippen MR) is 212 cm³/mol. The Kier molecular flexibility index (Phi) is 7.14. The van der Waals surface area contributed by atoms with E-state index in [1.807, 2.05) is 0 Å². The number of rotatable bonds is 6. The summed E-state index contributed by atoms with van der Waals surface area (Å²) in [5.74, 6) is 0.742. The Balaban J connectivity index is 1.13. The minimum absolute atomic E-state index is 0.0528. The summed E-state index contributed by atoms with van der Waals surface area (Å²) in [6.07, 6.45) is 14.0. The molecule has 0 heterocycles. The average Bonchev–Trinajstić information content (AvgIpc) is 3.52. The molecule has 0 amide bonds. The molecule has 0 radical (unpaired) electrons. The van der Waals surface area contributed by atoms with Crippen LogP contribution < -0.4 is 9.80 Å². The molecule has 50 heavy (non-hydrogen) atoms. The maximum absolute atomic E-state index is 2.50. The molecular formula is C48H44N2. The van der Waals surface area contributed by atoms with Gasteiger partial charge in [-0.2, -0.15) is 0 Å². The Morgan fingerprint density at radius 2 is 0.920 bits per heavy atom. The average molecular weight is 649 g/mol. The van der Waals surface area contributed by atoms with Crippen LogP contribution in [0.5, 0.6) is 0 Å². The first kappa shape index (κ1) is 30.7. The number of fused-ring (bicyclic) bond motifs is 7. The van der Waals surface area contributed by atoms with Crippen LogP contribution in [0.1, 0.15) is 62.8 Å². The molecule has 246 valence electrons. The lowest BCUT2D eigenvalue weighted by Gasteiger charge is -2.42. The highest BCUT2D eigenvalue weighted by molar-refractivity contribution is 5.92. The SMILES string of the molecule is CC1(C)c2cc(N(C3=CCCC=C3)c3ccccc3)ccc2C2=CC=C3c4ccc(N(c5ccccc5)c5ccccc5)cc4C(C)(C)C3C21. The van der Waals surface area contributed by atoms with Crippen molar-refractivity contribution in [2.24, 2.45) is 11.8 Å². The molecular weight excluding hydrogens is 605 g/mol. The van der Waals surface area contributed by atoms with Gasteiger partial charge in [0.25, 0.3) is 0 Å². The minimum atomic E-state index is -0.0592. The number of hydrogen-bond acceptors (Lipinski definition) is 2. The van der Waals surface area contributed by atoms with Crippen molar-refractivity contribution in [2.45, 2.75) is 51.4 Å². The molecule has 0 bridgehead atoms. The summed E-state index contributed by atoms with van der Waals surface area (Å²) < 4.78 is 0. The van der Waals surface area contributed by atoms with Gasteiger partial charge in [-0.15, -0.1) is 0 Å². The second-order valence-corrected chi connectivity index (χ2v) is 15.4. The van der Waals surface area contributed by atoms with Gasteiger partial charge in [-0.05, 0) is 124 Å². The smallest absolute Gasteiger partial charge is 0.0464 e. The summed E-state index contributed by atoms with van der Waals surface area (Å²) in [6, 6.07) is 46.8. The molecule has 0 aromatic heterocycles. The molecule has 2 atom stereocenters. The highest BCUT2D eigenvalue weighted by Crippen LogP contribution is 2.65. The van der Waals surface area contributed by atoms with Crippen molar-refractivity contribution in [3.63, 3.8) is 0 Å². The van der Waals surface area contributed by atoms with Gasteiger partial charge >= 0.3 is 0 Å². The van der Waals surface area contributed by atoms with Crippen LogP contribution in [0.4, 0.5) is 28.4 Å². The zero-order chi connectivity index (χ0) is 34.0. The van der Waals surface area contributed by atoms with Crippen LogP contribution in [0, 0.1) is 11.8 Å². The summed E-state index contributed by atoms with van der Waals surface area (Å²) in [6.45, 7) is 9.97. The Bertz CT molecular complexity index is 2180. The van der Waals surface area contributed by atoms with Gasteiger partial charge in [0.1, 0.15) is 0 Å². The Labute approximate surface area is 297 Å². The van der Waals surface area contributed by atoms with Crippen molar-refractivity contribution < 1.29 is 0 Å². The van der Waals surface area contributed by atoms with E-state index >= 15 is 0 Å². The second kappa shape index (κ2) is 11.6. The van der Waals surface area contributed by atoms with Crippen molar-refractivity contribution in [1.82, 2.24) is 0 Å². The summed E-state index contributed by atoms with van der Waals surface area (Å²) in [4.78, 5) is 4.83. The summed E-state index contributed by atoms with van der Waals surface area (Å²) in [5, 5.41) is 0. The van der Waals surface area contributed by atoms with Gasteiger partial charge in [0.15, 0.2) is 0 Å². The zero-order valence-electron chi connectivity index (χ0n) is 29.5. The van der Waals surface area contributed by atoms with Crippen molar-refractivity contribution >= 4 is 39.6 Å². The first-order chi connectivity index (χ1) is 24.3. The molecule has 0 aliphatic heterocycles. The lowest BCUT2D eigenvalue weighted by molar-refractivity contribution is 0.260. The quantitative estimate of drug-likeness (QED) is 0.181. The van der Waals surface area contributed by atoms with Crippen LogP contribution in [0.25, 0.3) is 11.1 Å². The molecule has 0 saturated heterocycles. The Morgan fingerprint density at radius 3 is 1.36 bits per heavy atom. The van der Waals surface area contributed by atoms with Gasteiger partial charge in [0, 0.05) is 46.0 Å².